The highest BCUT2D eigenvalue weighted by atomic mass is 19.4. The Hall–Kier alpha value is -2.97. The smallest absolute Gasteiger partial charge is 0.419 e. The van der Waals surface area contributed by atoms with Gasteiger partial charge in [0.2, 0.25) is 0 Å². The van der Waals surface area contributed by atoms with Crippen molar-refractivity contribution in [3.8, 4) is 5.75 Å². The molecule has 0 unspecified atom stereocenters. The first-order chi connectivity index (χ1) is 13.3. The summed E-state index contributed by atoms with van der Waals surface area (Å²) in [6.45, 7) is 0.417. The first kappa shape index (κ1) is 19.8. The van der Waals surface area contributed by atoms with Crippen molar-refractivity contribution in [3.05, 3.63) is 54.0 Å². The molecule has 1 aromatic heterocycles. The van der Waals surface area contributed by atoms with Gasteiger partial charge in [-0.15, -0.1) is 0 Å². The Balaban J connectivity index is 1.46. The molecule has 1 aliphatic heterocycles. The molecule has 1 aliphatic rings. The number of alkyl halides is 3. The van der Waals surface area contributed by atoms with E-state index in [0.29, 0.717) is 31.5 Å². The van der Waals surface area contributed by atoms with Crippen molar-refractivity contribution in [2.24, 2.45) is 0 Å². The predicted molar refractivity (Wildman–Crippen MR) is 92.7 cm³/mol. The van der Waals surface area contributed by atoms with Gasteiger partial charge >= 0.3 is 6.18 Å². The fourth-order valence-corrected chi connectivity index (χ4v) is 3.03. The molecule has 2 aromatic rings. The lowest BCUT2D eigenvalue weighted by Crippen LogP contribution is -2.47. The number of ether oxygens (including phenoxy) is 1. The molecule has 1 aromatic carbocycles. The van der Waals surface area contributed by atoms with Crippen molar-refractivity contribution >= 4 is 11.8 Å². The van der Waals surface area contributed by atoms with Gasteiger partial charge in [-0.3, -0.25) is 9.59 Å². The molecule has 0 aliphatic carbocycles. The van der Waals surface area contributed by atoms with Crippen LogP contribution in [0.15, 0.2) is 47.3 Å². The van der Waals surface area contributed by atoms with Gasteiger partial charge in [0.05, 0.1) is 17.4 Å². The van der Waals surface area contributed by atoms with Gasteiger partial charge < -0.3 is 19.4 Å². The second kappa shape index (κ2) is 8.37. The number of carbonyl (C=O) groups is 2. The number of rotatable bonds is 5. The number of hydrogen-bond acceptors (Lipinski definition) is 4. The van der Waals surface area contributed by atoms with Crippen LogP contribution in [0.2, 0.25) is 0 Å². The fourth-order valence-electron chi connectivity index (χ4n) is 3.03. The third-order valence-electron chi connectivity index (χ3n) is 4.47. The van der Waals surface area contributed by atoms with E-state index in [1.54, 1.807) is 11.0 Å². The third-order valence-corrected chi connectivity index (χ3v) is 4.47. The van der Waals surface area contributed by atoms with Crippen LogP contribution in [0.5, 0.6) is 5.75 Å². The van der Waals surface area contributed by atoms with Gasteiger partial charge in [0.15, 0.2) is 6.61 Å². The molecular weight excluding hydrogens is 377 g/mol. The second-order valence-corrected chi connectivity index (χ2v) is 6.43. The Labute approximate surface area is 159 Å². The van der Waals surface area contributed by atoms with E-state index in [1.807, 2.05) is 0 Å². The highest BCUT2D eigenvalue weighted by Gasteiger charge is 2.34. The van der Waals surface area contributed by atoms with Crippen LogP contribution in [0.3, 0.4) is 0 Å². The summed E-state index contributed by atoms with van der Waals surface area (Å²) in [6.07, 6.45) is -0.645. The number of amides is 2. The van der Waals surface area contributed by atoms with Gasteiger partial charge in [0, 0.05) is 19.1 Å². The number of halogens is 3. The van der Waals surface area contributed by atoms with E-state index in [1.165, 1.54) is 30.7 Å². The maximum absolute atomic E-state index is 12.9. The highest BCUT2D eigenvalue weighted by molar-refractivity contribution is 5.93. The van der Waals surface area contributed by atoms with E-state index in [9.17, 15) is 22.8 Å². The zero-order valence-corrected chi connectivity index (χ0v) is 14.9. The number of benzene rings is 1. The largest absolute Gasteiger partial charge is 0.483 e. The van der Waals surface area contributed by atoms with Crippen molar-refractivity contribution in [1.29, 1.82) is 0 Å². The van der Waals surface area contributed by atoms with E-state index in [2.05, 4.69) is 5.32 Å². The fraction of sp³-hybridized carbons (Fsp3) is 0.368. The van der Waals surface area contributed by atoms with E-state index in [4.69, 9.17) is 9.15 Å². The summed E-state index contributed by atoms with van der Waals surface area (Å²) in [6, 6.07) is 6.17. The molecule has 2 amide bonds. The standard InChI is InChI=1S/C19H19F3N2O4/c20-19(21,22)15-3-1-2-4-16(15)28-12-17(25)23-14-5-8-24(9-6-14)18(26)13-7-10-27-11-13/h1-4,7,10-11,14H,5-6,8-9,12H2,(H,23,25). The molecule has 28 heavy (non-hydrogen) atoms. The SMILES string of the molecule is O=C(COc1ccccc1C(F)(F)F)NC1CCN(C(=O)c2ccoc2)CC1. The summed E-state index contributed by atoms with van der Waals surface area (Å²) >= 11 is 0. The van der Waals surface area contributed by atoms with E-state index >= 15 is 0 Å². The Bertz CT molecular complexity index is 813. The van der Waals surface area contributed by atoms with Gasteiger partial charge in [-0.25, -0.2) is 0 Å². The minimum atomic E-state index is -4.55. The molecule has 0 spiro atoms. The van der Waals surface area contributed by atoms with E-state index < -0.39 is 24.3 Å². The number of carbonyl (C=O) groups excluding carboxylic acids is 2. The minimum Gasteiger partial charge on any atom is -0.483 e. The molecule has 1 saturated heterocycles. The summed E-state index contributed by atoms with van der Waals surface area (Å²) in [5, 5.41) is 2.74. The molecule has 3 rings (SSSR count). The van der Waals surface area contributed by atoms with Crippen molar-refractivity contribution in [1.82, 2.24) is 10.2 Å². The van der Waals surface area contributed by atoms with Crippen LogP contribution >= 0.6 is 0 Å². The van der Waals surface area contributed by atoms with Crippen LogP contribution in [0.4, 0.5) is 13.2 Å². The van der Waals surface area contributed by atoms with Crippen LogP contribution in [0, 0.1) is 0 Å². The third kappa shape index (κ3) is 4.85. The zero-order chi connectivity index (χ0) is 20.1. The van der Waals surface area contributed by atoms with Crippen LogP contribution in [-0.4, -0.2) is 42.5 Å². The number of nitrogens with zero attached hydrogens (tertiary/aromatic N) is 1. The molecular formula is C19H19F3N2O4. The number of piperidine rings is 1. The first-order valence-electron chi connectivity index (χ1n) is 8.74. The predicted octanol–water partition coefficient (Wildman–Crippen LogP) is 3.10. The molecule has 1 N–H and O–H groups in total. The average Bonchev–Trinajstić information content (AvgIpc) is 3.21. The molecule has 0 bridgehead atoms. The van der Waals surface area contributed by atoms with Crippen LogP contribution in [-0.2, 0) is 11.0 Å². The van der Waals surface area contributed by atoms with Crippen molar-refractivity contribution in [3.63, 3.8) is 0 Å². The molecule has 0 atom stereocenters. The monoisotopic (exact) mass is 396 g/mol. The zero-order valence-electron chi connectivity index (χ0n) is 14.9. The number of furan rings is 1. The summed E-state index contributed by atoms with van der Waals surface area (Å²) in [4.78, 5) is 25.9. The van der Waals surface area contributed by atoms with Gasteiger partial charge in [-0.1, -0.05) is 12.1 Å². The Morgan fingerprint density at radius 2 is 1.89 bits per heavy atom. The second-order valence-electron chi connectivity index (χ2n) is 6.43. The average molecular weight is 396 g/mol. The lowest BCUT2D eigenvalue weighted by Gasteiger charge is -2.32. The van der Waals surface area contributed by atoms with Gasteiger partial charge in [0.1, 0.15) is 12.0 Å². The molecule has 0 saturated carbocycles. The summed E-state index contributed by atoms with van der Waals surface area (Å²) in [5.74, 6) is -1.02. The van der Waals surface area contributed by atoms with E-state index in [-0.39, 0.29) is 17.7 Å². The number of nitrogens with one attached hydrogen (secondary N) is 1. The van der Waals surface area contributed by atoms with Crippen LogP contribution in [0.25, 0.3) is 0 Å². The summed E-state index contributed by atoms with van der Waals surface area (Å²) < 4.78 is 48.8. The lowest BCUT2D eigenvalue weighted by atomic mass is 10.0. The number of para-hydroxylation sites is 1. The van der Waals surface area contributed by atoms with Crippen molar-refractivity contribution in [2.75, 3.05) is 19.7 Å². The van der Waals surface area contributed by atoms with Crippen LogP contribution in [0.1, 0.15) is 28.8 Å². The lowest BCUT2D eigenvalue weighted by molar-refractivity contribution is -0.139. The quantitative estimate of drug-likeness (QED) is 0.843. The number of likely N-dealkylation sites (tertiary alicyclic amines) is 1. The maximum atomic E-state index is 12.9. The Morgan fingerprint density at radius 3 is 2.54 bits per heavy atom. The Morgan fingerprint density at radius 1 is 1.18 bits per heavy atom. The van der Waals surface area contributed by atoms with Crippen molar-refractivity contribution in [2.45, 2.75) is 25.1 Å². The minimum absolute atomic E-state index is 0.134. The number of hydrogen-bond donors (Lipinski definition) is 1. The van der Waals surface area contributed by atoms with Crippen molar-refractivity contribution < 1.29 is 31.9 Å². The normalized spacial score (nSPS) is 15.3. The maximum Gasteiger partial charge on any atom is 0.419 e. The molecule has 150 valence electrons. The topological polar surface area (TPSA) is 71.8 Å². The summed E-state index contributed by atoms with van der Waals surface area (Å²) in [7, 11) is 0. The first-order valence-corrected chi connectivity index (χ1v) is 8.74. The van der Waals surface area contributed by atoms with Gasteiger partial charge in [0.25, 0.3) is 11.8 Å². The molecule has 0 radical (unpaired) electrons. The van der Waals surface area contributed by atoms with Gasteiger partial charge in [-0.2, -0.15) is 13.2 Å². The van der Waals surface area contributed by atoms with Crippen LogP contribution < -0.4 is 10.1 Å². The van der Waals surface area contributed by atoms with Gasteiger partial charge in [-0.05, 0) is 31.0 Å². The molecule has 2 heterocycles. The molecule has 9 heteroatoms. The highest BCUT2D eigenvalue weighted by Crippen LogP contribution is 2.35. The summed E-state index contributed by atoms with van der Waals surface area (Å²) in [5.41, 5.74) is -0.451. The molecule has 6 nitrogen and oxygen atoms in total. The van der Waals surface area contributed by atoms with E-state index in [0.717, 1.165) is 6.07 Å². The molecule has 1 fully saturated rings. The Kier molecular flexibility index (Phi) is 5.91.